The fraction of sp³-hybridized carbons (Fsp3) is 0.222. The number of benzene rings is 2. The maximum atomic E-state index is 11.8. The second-order valence-electron chi connectivity index (χ2n) is 4.96. The van der Waals surface area contributed by atoms with Crippen molar-refractivity contribution in [1.82, 2.24) is 5.43 Å². The van der Waals surface area contributed by atoms with Crippen molar-refractivity contribution >= 4 is 23.7 Å². The van der Waals surface area contributed by atoms with Crippen molar-refractivity contribution in [1.29, 1.82) is 0 Å². The monoisotopic (exact) mass is 378 g/mol. The number of nitrogens with one attached hydrogen (secondary N) is 1. The van der Waals surface area contributed by atoms with Crippen molar-refractivity contribution in [3.8, 4) is 23.0 Å². The van der Waals surface area contributed by atoms with E-state index >= 15 is 0 Å². The molecule has 138 valence electrons. The van der Waals surface area contributed by atoms with Gasteiger partial charge in [0.1, 0.15) is 5.75 Å². The van der Waals surface area contributed by atoms with Gasteiger partial charge in [0.25, 0.3) is 5.91 Å². The van der Waals surface area contributed by atoms with Crippen molar-refractivity contribution in [3.05, 3.63) is 47.0 Å². The Morgan fingerprint density at radius 1 is 1.12 bits per heavy atom. The summed E-state index contributed by atoms with van der Waals surface area (Å²) in [6.07, 6.45) is 1.44. The lowest BCUT2D eigenvalue weighted by Gasteiger charge is -2.13. The molecule has 0 saturated carbocycles. The lowest BCUT2D eigenvalue weighted by molar-refractivity contribution is -0.123. The molecule has 2 aromatic rings. The Labute approximate surface area is 156 Å². The summed E-state index contributed by atoms with van der Waals surface area (Å²) in [7, 11) is 4.55. The number of hydrazone groups is 1. The van der Waals surface area contributed by atoms with E-state index in [0.717, 1.165) is 0 Å². The quantitative estimate of drug-likeness (QED) is 0.564. The first kappa shape index (κ1) is 19.4. The van der Waals surface area contributed by atoms with Crippen LogP contribution in [-0.2, 0) is 4.79 Å². The third-order valence-corrected chi connectivity index (χ3v) is 3.53. The topological polar surface area (TPSA) is 78.4 Å². The minimum absolute atomic E-state index is 0.194. The summed E-state index contributed by atoms with van der Waals surface area (Å²) in [5.74, 6) is 1.49. The summed E-state index contributed by atoms with van der Waals surface area (Å²) < 4.78 is 21.2. The van der Waals surface area contributed by atoms with Gasteiger partial charge in [-0.2, -0.15) is 5.10 Å². The standard InChI is InChI=1S/C18H19ClN2O5/c1-23-15-8-7-12(17(24-2)18(15)25-3)10-20-21-16(22)11-26-14-6-4-5-13(19)9-14/h4-10H,11H2,1-3H3,(H,21,22). The van der Waals surface area contributed by atoms with Crippen LogP contribution >= 0.6 is 11.6 Å². The van der Waals surface area contributed by atoms with Crippen molar-refractivity contribution in [2.75, 3.05) is 27.9 Å². The first-order chi connectivity index (χ1) is 12.6. The lowest BCUT2D eigenvalue weighted by Crippen LogP contribution is -2.24. The average molecular weight is 379 g/mol. The van der Waals surface area contributed by atoms with Gasteiger partial charge in [0.2, 0.25) is 5.75 Å². The molecule has 0 aliphatic heterocycles. The van der Waals surface area contributed by atoms with Crippen LogP contribution in [0.15, 0.2) is 41.5 Å². The van der Waals surface area contributed by atoms with Gasteiger partial charge in [-0.25, -0.2) is 5.43 Å². The summed E-state index contributed by atoms with van der Waals surface area (Å²) in [6.45, 7) is -0.194. The van der Waals surface area contributed by atoms with Gasteiger partial charge in [0, 0.05) is 10.6 Å². The number of nitrogens with zero attached hydrogens (tertiary/aromatic N) is 1. The van der Waals surface area contributed by atoms with Crippen LogP contribution in [0.4, 0.5) is 0 Å². The number of carbonyl (C=O) groups is 1. The third kappa shape index (κ3) is 5.03. The second-order valence-corrected chi connectivity index (χ2v) is 5.40. The number of amides is 1. The number of carbonyl (C=O) groups excluding carboxylic acids is 1. The Balaban J connectivity index is 1.98. The molecule has 0 heterocycles. The first-order valence-corrected chi connectivity index (χ1v) is 7.96. The van der Waals surface area contributed by atoms with Crippen LogP contribution in [0.5, 0.6) is 23.0 Å². The average Bonchev–Trinajstić information content (AvgIpc) is 2.65. The molecule has 1 amide bonds. The van der Waals surface area contributed by atoms with Gasteiger partial charge >= 0.3 is 0 Å². The van der Waals surface area contributed by atoms with Gasteiger partial charge < -0.3 is 18.9 Å². The zero-order valence-electron chi connectivity index (χ0n) is 14.6. The van der Waals surface area contributed by atoms with Gasteiger partial charge in [-0.1, -0.05) is 17.7 Å². The maximum absolute atomic E-state index is 11.8. The highest BCUT2D eigenvalue weighted by Crippen LogP contribution is 2.38. The molecule has 0 aliphatic carbocycles. The molecule has 1 N–H and O–H groups in total. The van der Waals surface area contributed by atoms with Crippen LogP contribution in [0.2, 0.25) is 5.02 Å². The van der Waals surface area contributed by atoms with E-state index in [1.54, 1.807) is 36.4 Å². The molecule has 7 nitrogen and oxygen atoms in total. The maximum Gasteiger partial charge on any atom is 0.277 e. The van der Waals surface area contributed by atoms with E-state index in [1.807, 2.05) is 0 Å². The summed E-state index contributed by atoms with van der Waals surface area (Å²) in [6, 6.07) is 10.2. The van der Waals surface area contributed by atoms with Crippen LogP contribution in [-0.4, -0.2) is 40.1 Å². The molecule has 0 radical (unpaired) electrons. The van der Waals surface area contributed by atoms with Crippen LogP contribution in [0.3, 0.4) is 0 Å². The Kier molecular flexibility index (Phi) is 7.11. The molecule has 0 atom stereocenters. The molecule has 0 spiro atoms. The number of methoxy groups -OCH3 is 3. The SMILES string of the molecule is COc1ccc(C=NNC(=O)COc2cccc(Cl)c2)c(OC)c1OC. The molecule has 0 aliphatic rings. The summed E-state index contributed by atoms with van der Waals surface area (Å²) in [4.78, 5) is 11.8. The summed E-state index contributed by atoms with van der Waals surface area (Å²) in [5, 5.41) is 4.43. The molecule has 26 heavy (non-hydrogen) atoms. The summed E-state index contributed by atoms with van der Waals surface area (Å²) >= 11 is 5.85. The molecular weight excluding hydrogens is 360 g/mol. The largest absolute Gasteiger partial charge is 0.493 e. The third-order valence-electron chi connectivity index (χ3n) is 3.29. The van der Waals surface area contributed by atoms with Crippen molar-refractivity contribution < 1.29 is 23.7 Å². The predicted molar refractivity (Wildman–Crippen MR) is 98.8 cm³/mol. The molecule has 2 rings (SSSR count). The Morgan fingerprint density at radius 2 is 1.88 bits per heavy atom. The molecule has 2 aromatic carbocycles. The van der Waals surface area contributed by atoms with Gasteiger partial charge in [0.05, 0.1) is 27.5 Å². The van der Waals surface area contributed by atoms with E-state index in [-0.39, 0.29) is 6.61 Å². The van der Waals surface area contributed by atoms with Crippen LogP contribution in [0.25, 0.3) is 0 Å². The highest BCUT2D eigenvalue weighted by atomic mass is 35.5. The molecular formula is C18H19ClN2O5. The minimum atomic E-state index is -0.416. The van der Waals surface area contributed by atoms with E-state index in [1.165, 1.54) is 27.5 Å². The normalized spacial score (nSPS) is 10.5. The zero-order chi connectivity index (χ0) is 18.9. The highest BCUT2D eigenvalue weighted by molar-refractivity contribution is 6.30. The molecule has 0 saturated heterocycles. The lowest BCUT2D eigenvalue weighted by atomic mass is 10.2. The number of halogens is 1. The van der Waals surface area contributed by atoms with Crippen LogP contribution in [0, 0.1) is 0 Å². The van der Waals surface area contributed by atoms with Gasteiger partial charge in [-0.3, -0.25) is 4.79 Å². The van der Waals surface area contributed by atoms with E-state index in [2.05, 4.69) is 10.5 Å². The minimum Gasteiger partial charge on any atom is -0.493 e. The molecule has 8 heteroatoms. The molecule has 0 aromatic heterocycles. The molecule has 0 bridgehead atoms. The van der Waals surface area contributed by atoms with Crippen LogP contribution in [0.1, 0.15) is 5.56 Å². The van der Waals surface area contributed by atoms with Gasteiger partial charge in [-0.05, 0) is 30.3 Å². The highest BCUT2D eigenvalue weighted by Gasteiger charge is 2.14. The van der Waals surface area contributed by atoms with Gasteiger partial charge in [-0.15, -0.1) is 0 Å². The number of rotatable bonds is 8. The van der Waals surface area contributed by atoms with E-state index in [4.69, 9.17) is 30.5 Å². The Morgan fingerprint density at radius 3 is 2.54 bits per heavy atom. The Hall–Kier alpha value is -2.93. The smallest absolute Gasteiger partial charge is 0.277 e. The molecule has 0 unspecified atom stereocenters. The number of hydrogen-bond acceptors (Lipinski definition) is 6. The van der Waals surface area contributed by atoms with E-state index < -0.39 is 5.91 Å². The van der Waals surface area contributed by atoms with Crippen molar-refractivity contribution in [2.45, 2.75) is 0 Å². The van der Waals surface area contributed by atoms with Gasteiger partial charge in [0.15, 0.2) is 18.1 Å². The Bertz CT molecular complexity index is 795. The van der Waals surface area contributed by atoms with E-state index in [9.17, 15) is 4.79 Å². The number of hydrogen-bond donors (Lipinski definition) is 1. The number of ether oxygens (including phenoxy) is 4. The first-order valence-electron chi connectivity index (χ1n) is 7.58. The summed E-state index contributed by atoms with van der Waals surface area (Å²) in [5.41, 5.74) is 2.99. The van der Waals surface area contributed by atoms with Crippen molar-refractivity contribution in [2.24, 2.45) is 5.10 Å². The van der Waals surface area contributed by atoms with E-state index in [0.29, 0.717) is 33.6 Å². The van der Waals surface area contributed by atoms with Crippen molar-refractivity contribution in [3.63, 3.8) is 0 Å². The fourth-order valence-electron chi connectivity index (χ4n) is 2.14. The second kappa shape index (κ2) is 9.53. The fourth-order valence-corrected chi connectivity index (χ4v) is 2.32. The van der Waals surface area contributed by atoms with Crippen LogP contribution < -0.4 is 24.4 Å². The molecule has 0 fully saturated rings. The zero-order valence-corrected chi connectivity index (χ0v) is 15.4. The predicted octanol–water partition coefficient (Wildman–Crippen LogP) is 2.89.